The molecule has 0 unspecified atom stereocenters. The number of hydrogen-bond donors (Lipinski definition) is 1. The van der Waals surface area contributed by atoms with Crippen molar-refractivity contribution in [1.29, 1.82) is 0 Å². The van der Waals surface area contributed by atoms with E-state index in [9.17, 15) is 0 Å². The minimum Gasteiger partial charge on any atom is -0.493 e. The summed E-state index contributed by atoms with van der Waals surface area (Å²) in [5.41, 5.74) is 1.18. The molecule has 2 rings (SSSR count). The topological polar surface area (TPSA) is 43.0 Å². The maximum absolute atomic E-state index is 5.62. The summed E-state index contributed by atoms with van der Waals surface area (Å²) in [7, 11) is 3.32. The Labute approximate surface area is 120 Å². The highest BCUT2D eigenvalue weighted by Crippen LogP contribution is 2.38. The normalized spacial score (nSPS) is 15.9. The first-order valence-electron chi connectivity index (χ1n) is 7.09. The van der Waals surface area contributed by atoms with Gasteiger partial charge in [0, 0.05) is 32.7 Å². The van der Waals surface area contributed by atoms with E-state index in [0.717, 1.165) is 44.2 Å². The van der Waals surface area contributed by atoms with Crippen molar-refractivity contribution in [2.75, 3.05) is 47.0 Å². The molecule has 1 aromatic carbocycles. The van der Waals surface area contributed by atoms with Crippen molar-refractivity contribution in [3.05, 3.63) is 17.7 Å². The molecule has 1 aliphatic heterocycles. The van der Waals surface area contributed by atoms with Crippen molar-refractivity contribution in [3.63, 3.8) is 0 Å². The molecule has 1 saturated heterocycles. The van der Waals surface area contributed by atoms with E-state index in [4.69, 9.17) is 14.2 Å². The van der Waals surface area contributed by atoms with Gasteiger partial charge in [0.2, 0.25) is 5.75 Å². The summed E-state index contributed by atoms with van der Waals surface area (Å²) in [6.07, 6.45) is 0. The summed E-state index contributed by atoms with van der Waals surface area (Å²) in [5.74, 6) is 2.15. The lowest BCUT2D eigenvalue weighted by Crippen LogP contribution is -2.42. The van der Waals surface area contributed by atoms with Crippen molar-refractivity contribution in [2.45, 2.75) is 13.5 Å². The molecule has 0 radical (unpaired) electrons. The molecule has 0 saturated carbocycles. The van der Waals surface area contributed by atoms with Crippen LogP contribution in [0.4, 0.5) is 0 Å². The van der Waals surface area contributed by atoms with Gasteiger partial charge in [-0.15, -0.1) is 0 Å². The summed E-state index contributed by atoms with van der Waals surface area (Å²) in [4.78, 5) is 2.42. The van der Waals surface area contributed by atoms with Crippen LogP contribution in [0.15, 0.2) is 12.1 Å². The zero-order valence-electron chi connectivity index (χ0n) is 12.6. The molecule has 20 heavy (non-hydrogen) atoms. The predicted molar refractivity (Wildman–Crippen MR) is 78.9 cm³/mol. The van der Waals surface area contributed by atoms with E-state index in [-0.39, 0.29) is 0 Å². The lowest BCUT2D eigenvalue weighted by Gasteiger charge is -2.27. The average molecular weight is 280 g/mol. The van der Waals surface area contributed by atoms with Gasteiger partial charge in [0.05, 0.1) is 20.8 Å². The molecule has 1 aromatic rings. The van der Waals surface area contributed by atoms with Gasteiger partial charge in [0.1, 0.15) is 0 Å². The summed E-state index contributed by atoms with van der Waals surface area (Å²) in [6, 6.07) is 4.07. The zero-order chi connectivity index (χ0) is 14.4. The number of ether oxygens (including phenoxy) is 3. The Morgan fingerprint density at radius 2 is 1.70 bits per heavy atom. The summed E-state index contributed by atoms with van der Waals surface area (Å²) in [6.45, 7) is 7.67. The van der Waals surface area contributed by atoms with Crippen LogP contribution in [-0.4, -0.2) is 51.9 Å². The number of methoxy groups -OCH3 is 2. The van der Waals surface area contributed by atoms with Gasteiger partial charge in [-0.3, -0.25) is 4.90 Å². The van der Waals surface area contributed by atoms with Gasteiger partial charge in [-0.25, -0.2) is 0 Å². The van der Waals surface area contributed by atoms with Crippen LogP contribution in [0, 0.1) is 0 Å². The highest BCUT2D eigenvalue weighted by Gasteiger charge is 2.16. The number of nitrogens with zero attached hydrogens (tertiary/aromatic N) is 1. The first-order valence-corrected chi connectivity index (χ1v) is 7.09. The number of nitrogens with one attached hydrogen (secondary N) is 1. The van der Waals surface area contributed by atoms with Crippen molar-refractivity contribution in [2.24, 2.45) is 0 Å². The van der Waals surface area contributed by atoms with Crippen LogP contribution in [-0.2, 0) is 6.54 Å². The number of rotatable bonds is 6. The standard InChI is InChI=1S/C15H24N2O3/c1-4-20-15-13(18-2)9-12(10-14(15)19-3)11-17-7-5-16-6-8-17/h9-10,16H,4-8,11H2,1-3H3. The summed E-state index contributed by atoms with van der Waals surface area (Å²) in [5, 5.41) is 3.36. The molecule has 5 nitrogen and oxygen atoms in total. The number of piperazine rings is 1. The van der Waals surface area contributed by atoms with Gasteiger partial charge in [-0.2, -0.15) is 0 Å². The van der Waals surface area contributed by atoms with Crippen molar-refractivity contribution in [3.8, 4) is 17.2 Å². The molecule has 0 spiro atoms. The maximum Gasteiger partial charge on any atom is 0.203 e. The van der Waals surface area contributed by atoms with Crippen LogP contribution in [0.1, 0.15) is 12.5 Å². The first kappa shape index (κ1) is 14.9. The quantitative estimate of drug-likeness (QED) is 0.855. The van der Waals surface area contributed by atoms with Crippen LogP contribution in [0.2, 0.25) is 0 Å². The Balaban J connectivity index is 2.20. The molecule has 1 fully saturated rings. The fourth-order valence-electron chi connectivity index (χ4n) is 2.44. The molecular formula is C15H24N2O3. The Bertz CT molecular complexity index is 406. The minimum atomic E-state index is 0.587. The molecular weight excluding hydrogens is 256 g/mol. The molecule has 112 valence electrons. The second-order valence-corrected chi connectivity index (χ2v) is 4.79. The van der Waals surface area contributed by atoms with Crippen LogP contribution in [0.3, 0.4) is 0 Å². The zero-order valence-corrected chi connectivity index (χ0v) is 12.6. The maximum atomic E-state index is 5.62. The third-order valence-electron chi connectivity index (χ3n) is 3.42. The highest BCUT2D eigenvalue weighted by atomic mass is 16.5. The van der Waals surface area contributed by atoms with E-state index in [1.807, 2.05) is 19.1 Å². The number of hydrogen-bond acceptors (Lipinski definition) is 5. The Hall–Kier alpha value is -1.46. The molecule has 0 bridgehead atoms. The Kier molecular flexibility index (Phi) is 5.49. The number of benzene rings is 1. The lowest BCUT2D eigenvalue weighted by atomic mass is 10.1. The van der Waals surface area contributed by atoms with Crippen molar-refractivity contribution in [1.82, 2.24) is 10.2 Å². The average Bonchev–Trinajstić information content (AvgIpc) is 2.49. The summed E-state index contributed by atoms with van der Waals surface area (Å²) < 4.78 is 16.5. The summed E-state index contributed by atoms with van der Waals surface area (Å²) >= 11 is 0. The van der Waals surface area contributed by atoms with E-state index < -0.39 is 0 Å². The van der Waals surface area contributed by atoms with Gasteiger partial charge >= 0.3 is 0 Å². The van der Waals surface area contributed by atoms with Crippen molar-refractivity contribution >= 4 is 0 Å². The van der Waals surface area contributed by atoms with Gasteiger partial charge in [-0.05, 0) is 24.6 Å². The smallest absolute Gasteiger partial charge is 0.203 e. The third-order valence-corrected chi connectivity index (χ3v) is 3.42. The molecule has 0 amide bonds. The first-order chi connectivity index (χ1) is 9.78. The van der Waals surface area contributed by atoms with E-state index in [1.54, 1.807) is 14.2 Å². The van der Waals surface area contributed by atoms with Crippen LogP contribution < -0.4 is 19.5 Å². The molecule has 0 atom stereocenters. The molecule has 1 aliphatic rings. The van der Waals surface area contributed by atoms with E-state index >= 15 is 0 Å². The molecule has 0 aliphatic carbocycles. The van der Waals surface area contributed by atoms with Crippen molar-refractivity contribution < 1.29 is 14.2 Å². The molecule has 0 aromatic heterocycles. The van der Waals surface area contributed by atoms with Crippen LogP contribution in [0.25, 0.3) is 0 Å². The van der Waals surface area contributed by atoms with Crippen LogP contribution in [0.5, 0.6) is 17.2 Å². The molecule has 1 heterocycles. The Morgan fingerprint density at radius 3 is 2.20 bits per heavy atom. The second kappa shape index (κ2) is 7.36. The highest BCUT2D eigenvalue weighted by molar-refractivity contribution is 5.53. The minimum absolute atomic E-state index is 0.587. The predicted octanol–water partition coefficient (Wildman–Crippen LogP) is 1.51. The van der Waals surface area contributed by atoms with Crippen LogP contribution >= 0.6 is 0 Å². The fourth-order valence-corrected chi connectivity index (χ4v) is 2.44. The molecule has 5 heteroatoms. The monoisotopic (exact) mass is 280 g/mol. The SMILES string of the molecule is CCOc1c(OC)cc(CN2CCNCC2)cc1OC. The lowest BCUT2D eigenvalue weighted by molar-refractivity contribution is 0.232. The largest absolute Gasteiger partial charge is 0.493 e. The van der Waals surface area contributed by atoms with E-state index in [2.05, 4.69) is 10.2 Å². The van der Waals surface area contributed by atoms with E-state index in [0.29, 0.717) is 12.4 Å². The van der Waals surface area contributed by atoms with Gasteiger partial charge in [0.15, 0.2) is 11.5 Å². The van der Waals surface area contributed by atoms with Gasteiger partial charge in [-0.1, -0.05) is 0 Å². The van der Waals surface area contributed by atoms with Gasteiger partial charge < -0.3 is 19.5 Å². The fraction of sp³-hybridized carbons (Fsp3) is 0.600. The Morgan fingerprint density at radius 1 is 1.10 bits per heavy atom. The third kappa shape index (κ3) is 3.55. The molecule has 1 N–H and O–H groups in total. The van der Waals surface area contributed by atoms with E-state index in [1.165, 1.54) is 5.56 Å². The second-order valence-electron chi connectivity index (χ2n) is 4.79. The van der Waals surface area contributed by atoms with Gasteiger partial charge in [0.25, 0.3) is 0 Å².